The standard InChI is InChI=1S/C13H9N5/c14-5-10-2-1-3-11(4-10)7-17-13-9-16-12(6-15)8-18-13/h1-4,8-9H,7H2,(H,17,18). The van der Waals surface area contributed by atoms with Crippen molar-refractivity contribution < 1.29 is 0 Å². The molecule has 5 heteroatoms. The fraction of sp³-hybridized carbons (Fsp3) is 0.0769. The van der Waals surface area contributed by atoms with Gasteiger partial charge in [0.1, 0.15) is 11.9 Å². The van der Waals surface area contributed by atoms with Gasteiger partial charge < -0.3 is 5.32 Å². The first-order valence-corrected chi connectivity index (χ1v) is 5.27. The average molecular weight is 235 g/mol. The van der Waals surface area contributed by atoms with E-state index in [0.29, 0.717) is 17.9 Å². The lowest BCUT2D eigenvalue weighted by Gasteiger charge is -2.05. The summed E-state index contributed by atoms with van der Waals surface area (Å²) in [7, 11) is 0. The van der Waals surface area contributed by atoms with Gasteiger partial charge in [0.15, 0.2) is 5.69 Å². The molecule has 0 aliphatic heterocycles. The van der Waals surface area contributed by atoms with Crippen LogP contribution in [0.5, 0.6) is 0 Å². The summed E-state index contributed by atoms with van der Waals surface area (Å²) >= 11 is 0. The first-order chi connectivity index (χ1) is 8.81. The third-order valence-corrected chi connectivity index (χ3v) is 2.30. The molecule has 1 N–H and O–H groups in total. The first-order valence-electron chi connectivity index (χ1n) is 5.27. The maximum absolute atomic E-state index is 8.78. The maximum Gasteiger partial charge on any atom is 0.158 e. The van der Waals surface area contributed by atoms with Crippen LogP contribution in [0.1, 0.15) is 16.8 Å². The lowest BCUT2D eigenvalue weighted by Crippen LogP contribution is -2.02. The molecule has 1 aromatic heterocycles. The van der Waals surface area contributed by atoms with E-state index in [1.165, 1.54) is 12.4 Å². The summed E-state index contributed by atoms with van der Waals surface area (Å²) in [6.45, 7) is 0.552. The number of nitriles is 2. The molecule has 0 spiro atoms. The SMILES string of the molecule is N#Cc1cccc(CNc2cnc(C#N)cn2)c1. The molecule has 0 bridgehead atoms. The molecule has 5 nitrogen and oxygen atoms in total. The van der Waals surface area contributed by atoms with Crippen molar-refractivity contribution in [1.29, 1.82) is 10.5 Å². The molecule has 1 heterocycles. The van der Waals surface area contributed by atoms with Crippen LogP contribution in [0.15, 0.2) is 36.7 Å². The van der Waals surface area contributed by atoms with Gasteiger partial charge in [0.25, 0.3) is 0 Å². The fourth-order valence-corrected chi connectivity index (χ4v) is 1.42. The van der Waals surface area contributed by atoms with Gasteiger partial charge in [-0.3, -0.25) is 0 Å². The second-order valence-electron chi connectivity index (χ2n) is 3.56. The number of aromatic nitrogens is 2. The van der Waals surface area contributed by atoms with Gasteiger partial charge in [0, 0.05) is 6.54 Å². The summed E-state index contributed by atoms with van der Waals surface area (Å²) in [5.41, 5.74) is 1.90. The van der Waals surface area contributed by atoms with Gasteiger partial charge in [-0.15, -0.1) is 0 Å². The largest absolute Gasteiger partial charge is 0.365 e. The summed E-state index contributed by atoms with van der Waals surface area (Å²) in [5.74, 6) is 0.594. The second kappa shape index (κ2) is 5.42. The van der Waals surface area contributed by atoms with Crippen LogP contribution >= 0.6 is 0 Å². The van der Waals surface area contributed by atoms with Crippen molar-refractivity contribution in [3.05, 3.63) is 53.5 Å². The summed E-state index contributed by atoms with van der Waals surface area (Å²) in [5, 5.41) is 20.4. The number of benzene rings is 1. The van der Waals surface area contributed by atoms with Crippen LogP contribution in [0.4, 0.5) is 5.82 Å². The van der Waals surface area contributed by atoms with Crippen LogP contribution in [0, 0.1) is 22.7 Å². The lowest BCUT2D eigenvalue weighted by molar-refractivity contribution is 1.08. The monoisotopic (exact) mass is 235 g/mol. The summed E-state index contributed by atoms with van der Waals surface area (Å²) < 4.78 is 0. The molecule has 0 unspecified atom stereocenters. The van der Waals surface area contributed by atoms with E-state index in [9.17, 15) is 0 Å². The van der Waals surface area contributed by atoms with Gasteiger partial charge in [-0.1, -0.05) is 12.1 Å². The van der Waals surface area contributed by atoms with Crippen molar-refractivity contribution >= 4 is 5.82 Å². The van der Waals surface area contributed by atoms with E-state index in [0.717, 1.165) is 5.56 Å². The Morgan fingerprint density at radius 2 is 2.00 bits per heavy atom. The van der Waals surface area contributed by atoms with Gasteiger partial charge in [-0.25, -0.2) is 9.97 Å². The molecule has 0 amide bonds. The molecule has 0 saturated carbocycles. The quantitative estimate of drug-likeness (QED) is 0.877. The topological polar surface area (TPSA) is 85.4 Å². The van der Waals surface area contributed by atoms with Gasteiger partial charge in [-0.2, -0.15) is 10.5 Å². The Balaban J connectivity index is 2.02. The third-order valence-electron chi connectivity index (χ3n) is 2.30. The summed E-state index contributed by atoms with van der Waals surface area (Å²) in [6, 6.07) is 11.3. The Bertz CT molecular complexity index is 619. The van der Waals surface area contributed by atoms with Crippen LogP contribution in [-0.4, -0.2) is 9.97 Å². The molecule has 0 saturated heterocycles. The van der Waals surface area contributed by atoms with Crippen LogP contribution < -0.4 is 5.32 Å². The van der Waals surface area contributed by atoms with Gasteiger partial charge in [0.2, 0.25) is 0 Å². The normalized spacial score (nSPS) is 9.22. The molecule has 86 valence electrons. The summed E-state index contributed by atoms with van der Waals surface area (Å²) in [4.78, 5) is 7.95. The molecule has 0 atom stereocenters. The molecule has 2 aromatic rings. The highest BCUT2D eigenvalue weighted by molar-refractivity contribution is 5.37. The Kier molecular flexibility index (Phi) is 3.48. The van der Waals surface area contributed by atoms with E-state index < -0.39 is 0 Å². The number of nitrogens with one attached hydrogen (secondary N) is 1. The van der Waals surface area contributed by atoms with Gasteiger partial charge in [-0.05, 0) is 17.7 Å². The highest BCUT2D eigenvalue weighted by Crippen LogP contribution is 2.07. The van der Waals surface area contributed by atoms with Gasteiger partial charge >= 0.3 is 0 Å². The van der Waals surface area contributed by atoms with E-state index in [4.69, 9.17) is 10.5 Å². The highest BCUT2D eigenvalue weighted by Gasteiger charge is 1.98. The maximum atomic E-state index is 8.78. The summed E-state index contributed by atoms with van der Waals surface area (Å²) in [6.07, 6.45) is 2.92. The average Bonchev–Trinajstić information content (AvgIpc) is 2.46. The number of nitrogens with zero attached hydrogens (tertiary/aromatic N) is 4. The van der Waals surface area contributed by atoms with Crippen LogP contribution in [0.2, 0.25) is 0 Å². The Morgan fingerprint density at radius 1 is 1.11 bits per heavy atom. The molecular formula is C13H9N5. The molecular weight excluding hydrogens is 226 g/mol. The molecule has 2 rings (SSSR count). The second-order valence-corrected chi connectivity index (χ2v) is 3.56. The van der Waals surface area contributed by atoms with Gasteiger partial charge in [0.05, 0.1) is 24.0 Å². The number of hydrogen-bond donors (Lipinski definition) is 1. The van der Waals surface area contributed by atoms with Crippen molar-refractivity contribution in [1.82, 2.24) is 9.97 Å². The molecule has 0 aliphatic carbocycles. The smallest absolute Gasteiger partial charge is 0.158 e. The Hall–Kier alpha value is -2.92. The zero-order chi connectivity index (χ0) is 12.8. The van der Waals surface area contributed by atoms with E-state index in [1.54, 1.807) is 6.07 Å². The first kappa shape index (κ1) is 11.6. The number of anilines is 1. The zero-order valence-corrected chi connectivity index (χ0v) is 9.46. The van der Waals surface area contributed by atoms with Crippen molar-refractivity contribution in [3.8, 4) is 12.1 Å². The minimum absolute atomic E-state index is 0.284. The Labute approximate surface area is 104 Å². The van der Waals surface area contributed by atoms with E-state index >= 15 is 0 Å². The number of hydrogen-bond acceptors (Lipinski definition) is 5. The fourth-order valence-electron chi connectivity index (χ4n) is 1.42. The Morgan fingerprint density at radius 3 is 2.67 bits per heavy atom. The molecule has 18 heavy (non-hydrogen) atoms. The lowest BCUT2D eigenvalue weighted by atomic mass is 10.1. The van der Waals surface area contributed by atoms with Crippen molar-refractivity contribution in [3.63, 3.8) is 0 Å². The van der Waals surface area contributed by atoms with Crippen molar-refractivity contribution in [2.75, 3.05) is 5.32 Å². The zero-order valence-electron chi connectivity index (χ0n) is 9.46. The van der Waals surface area contributed by atoms with Crippen LogP contribution in [0.25, 0.3) is 0 Å². The van der Waals surface area contributed by atoms with Crippen molar-refractivity contribution in [2.24, 2.45) is 0 Å². The molecule has 0 aliphatic rings. The predicted octanol–water partition coefficient (Wildman–Crippen LogP) is 1.83. The molecule has 1 aromatic carbocycles. The predicted molar refractivity (Wildman–Crippen MR) is 65.2 cm³/mol. The van der Waals surface area contributed by atoms with Crippen LogP contribution in [0.3, 0.4) is 0 Å². The van der Waals surface area contributed by atoms with Crippen LogP contribution in [-0.2, 0) is 6.54 Å². The van der Waals surface area contributed by atoms with Crippen molar-refractivity contribution in [2.45, 2.75) is 6.54 Å². The number of rotatable bonds is 3. The van der Waals surface area contributed by atoms with E-state index in [2.05, 4.69) is 21.4 Å². The molecule has 0 fully saturated rings. The minimum atomic E-state index is 0.284. The minimum Gasteiger partial charge on any atom is -0.365 e. The third kappa shape index (κ3) is 2.81. The molecule has 0 radical (unpaired) electrons. The highest BCUT2D eigenvalue weighted by atomic mass is 15.0. The van der Waals surface area contributed by atoms with E-state index in [1.807, 2.05) is 24.3 Å². The van der Waals surface area contributed by atoms with E-state index in [-0.39, 0.29) is 5.69 Å².